The Balaban J connectivity index is 1.63. The molecule has 0 aliphatic carbocycles. The van der Waals surface area contributed by atoms with Crippen molar-refractivity contribution in [3.8, 4) is 16.9 Å². The van der Waals surface area contributed by atoms with Crippen molar-refractivity contribution in [3.05, 3.63) is 60.2 Å². The van der Waals surface area contributed by atoms with Crippen LogP contribution in [0.4, 0.5) is 5.69 Å². The number of amides is 2. The quantitative estimate of drug-likeness (QED) is 0.762. The Morgan fingerprint density at radius 1 is 1.10 bits per heavy atom. The van der Waals surface area contributed by atoms with Gasteiger partial charge in [0.15, 0.2) is 0 Å². The average molecular weight is 392 g/mol. The van der Waals surface area contributed by atoms with E-state index in [1.807, 2.05) is 62.4 Å². The Morgan fingerprint density at radius 3 is 2.55 bits per heavy atom. The minimum absolute atomic E-state index is 0.00913. The third kappa shape index (κ3) is 5.47. The van der Waals surface area contributed by atoms with Crippen LogP contribution >= 0.6 is 0 Å². The van der Waals surface area contributed by atoms with Gasteiger partial charge in [-0.05, 0) is 62.1 Å². The van der Waals surface area contributed by atoms with Crippen LogP contribution in [-0.2, 0) is 9.59 Å². The third-order valence-electron chi connectivity index (χ3n) is 5.07. The summed E-state index contributed by atoms with van der Waals surface area (Å²) in [6.45, 7) is 4.99. The summed E-state index contributed by atoms with van der Waals surface area (Å²) in [6.07, 6.45) is 3.28. The molecule has 2 aromatic carbocycles. The number of carbonyl (C=O) groups is 2. The monoisotopic (exact) mass is 392 g/mol. The largest absolute Gasteiger partial charge is 0.497 e. The van der Waals surface area contributed by atoms with Gasteiger partial charge in [0.05, 0.1) is 13.0 Å². The lowest BCUT2D eigenvalue weighted by atomic mass is 9.96. The van der Waals surface area contributed by atoms with Crippen molar-refractivity contribution in [2.45, 2.75) is 26.7 Å². The number of rotatable bonds is 5. The van der Waals surface area contributed by atoms with Crippen molar-refractivity contribution in [2.24, 2.45) is 5.92 Å². The van der Waals surface area contributed by atoms with Gasteiger partial charge in [-0.3, -0.25) is 9.59 Å². The first-order valence-electron chi connectivity index (χ1n) is 9.95. The van der Waals surface area contributed by atoms with Crippen molar-refractivity contribution >= 4 is 17.5 Å². The fraction of sp³-hybridized carbons (Fsp3) is 0.333. The second kappa shape index (κ2) is 9.41. The number of piperidine rings is 1. The fourth-order valence-electron chi connectivity index (χ4n) is 3.52. The molecule has 1 unspecified atom stereocenters. The Kier molecular flexibility index (Phi) is 6.70. The molecule has 0 radical (unpaired) electrons. The molecular weight excluding hydrogens is 364 g/mol. The van der Waals surface area contributed by atoms with Gasteiger partial charge in [-0.25, -0.2) is 0 Å². The maximum absolute atomic E-state index is 12.7. The predicted octanol–water partition coefficient (Wildman–Crippen LogP) is 4.51. The normalized spacial score (nSPS) is 16.1. The molecule has 5 nitrogen and oxygen atoms in total. The van der Waals surface area contributed by atoms with Crippen LogP contribution in [0.2, 0.25) is 0 Å². The van der Waals surface area contributed by atoms with Crippen molar-refractivity contribution in [2.75, 3.05) is 25.5 Å². The number of hydrogen-bond donors (Lipinski definition) is 1. The first-order chi connectivity index (χ1) is 14.0. The zero-order chi connectivity index (χ0) is 20.8. The van der Waals surface area contributed by atoms with Crippen LogP contribution in [0, 0.1) is 5.92 Å². The van der Waals surface area contributed by atoms with Gasteiger partial charge in [0.1, 0.15) is 5.75 Å². The maximum Gasteiger partial charge on any atom is 0.246 e. The highest BCUT2D eigenvalue weighted by Crippen LogP contribution is 2.26. The van der Waals surface area contributed by atoms with Crippen LogP contribution < -0.4 is 10.1 Å². The summed E-state index contributed by atoms with van der Waals surface area (Å²) in [5.41, 5.74) is 3.84. The molecule has 1 fully saturated rings. The molecule has 0 aromatic heterocycles. The van der Waals surface area contributed by atoms with Gasteiger partial charge in [-0.15, -0.1) is 0 Å². The van der Waals surface area contributed by atoms with Crippen LogP contribution in [0.5, 0.6) is 5.75 Å². The Labute approximate surface area is 172 Å². The molecule has 2 amide bonds. The van der Waals surface area contributed by atoms with Gasteiger partial charge >= 0.3 is 0 Å². The van der Waals surface area contributed by atoms with E-state index in [9.17, 15) is 9.59 Å². The molecule has 152 valence electrons. The molecule has 1 atom stereocenters. The van der Waals surface area contributed by atoms with Crippen molar-refractivity contribution in [1.29, 1.82) is 0 Å². The molecule has 1 heterocycles. The van der Waals surface area contributed by atoms with Gasteiger partial charge in [0.25, 0.3) is 0 Å². The number of carbonyl (C=O) groups excluding carboxylic acids is 2. The molecule has 1 N–H and O–H groups in total. The highest BCUT2D eigenvalue weighted by Gasteiger charge is 2.27. The smallest absolute Gasteiger partial charge is 0.246 e. The summed E-state index contributed by atoms with van der Waals surface area (Å²) < 4.78 is 5.28. The van der Waals surface area contributed by atoms with Crippen LogP contribution in [0.3, 0.4) is 0 Å². The highest BCUT2D eigenvalue weighted by atomic mass is 16.5. The highest BCUT2D eigenvalue weighted by molar-refractivity contribution is 5.94. The van der Waals surface area contributed by atoms with E-state index < -0.39 is 0 Å². The number of methoxy groups -OCH3 is 1. The van der Waals surface area contributed by atoms with E-state index in [1.165, 1.54) is 0 Å². The third-order valence-corrected chi connectivity index (χ3v) is 5.07. The summed E-state index contributed by atoms with van der Waals surface area (Å²) in [6, 6.07) is 15.6. The molecule has 1 aliphatic heterocycles. The Morgan fingerprint density at radius 2 is 1.86 bits per heavy atom. The van der Waals surface area contributed by atoms with Gasteiger partial charge in [-0.2, -0.15) is 0 Å². The van der Waals surface area contributed by atoms with Gasteiger partial charge in [0.2, 0.25) is 11.8 Å². The van der Waals surface area contributed by atoms with Crippen molar-refractivity contribution in [1.82, 2.24) is 4.90 Å². The zero-order valence-corrected chi connectivity index (χ0v) is 17.3. The fourth-order valence-corrected chi connectivity index (χ4v) is 3.52. The van der Waals surface area contributed by atoms with Crippen LogP contribution in [0.15, 0.2) is 60.2 Å². The van der Waals surface area contributed by atoms with E-state index in [2.05, 4.69) is 5.32 Å². The standard InChI is InChI=1S/C24H28N2O3/c1-17(2)14-23(27)26-13-5-7-20(16-26)24(28)25-21-11-9-18(10-12-21)19-6-4-8-22(15-19)29-3/h4,6,8-12,14-15,20H,5,7,13,16H2,1-3H3,(H,25,28). The van der Waals surface area contributed by atoms with E-state index in [4.69, 9.17) is 4.74 Å². The maximum atomic E-state index is 12.7. The summed E-state index contributed by atoms with van der Waals surface area (Å²) in [7, 11) is 1.65. The first-order valence-corrected chi connectivity index (χ1v) is 9.95. The van der Waals surface area contributed by atoms with E-state index in [1.54, 1.807) is 18.1 Å². The number of ether oxygens (including phenoxy) is 1. The molecule has 1 aliphatic rings. The minimum Gasteiger partial charge on any atom is -0.497 e. The minimum atomic E-state index is -0.184. The summed E-state index contributed by atoms with van der Waals surface area (Å²) in [5.74, 6) is 0.583. The second-order valence-electron chi connectivity index (χ2n) is 7.64. The number of hydrogen-bond acceptors (Lipinski definition) is 3. The number of anilines is 1. The molecule has 2 aromatic rings. The lowest BCUT2D eigenvalue weighted by molar-refractivity contribution is -0.130. The van der Waals surface area contributed by atoms with Gasteiger partial charge < -0.3 is 15.0 Å². The van der Waals surface area contributed by atoms with E-state index in [-0.39, 0.29) is 17.7 Å². The van der Waals surface area contributed by atoms with Gasteiger partial charge in [-0.1, -0.05) is 29.8 Å². The lowest BCUT2D eigenvalue weighted by Gasteiger charge is -2.31. The molecule has 3 rings (SSSR count). The molecule has 5 heteroatoms. The van der Waals surface area contributed by atoms with Gasteiger partial charge in [0, 0.05) is 24.9 Å². The lowest BCUT2D eigenvalue weighted by Crippen LogP contribution is -2.43. The Bertz CT molecular complexity index is 899. The summed E-state index contributed by atoms with van der Waals surface area (Å²) >= 11 is 0. The molecular formula is C24H28N2O3. The zero-order valence-electron chi connectivity index (χ0n) is 17.3. The van der Waals surface area contributed by atoms with Crippen LogP contribution in [0.1, 0.15) is 26.7 Å². The van der Waals surface area contributed by atoms with E-state index in [0.717, 1.165) is 41.0 Å². The Hall–Kier alpha value is -3.08. The molecule has 0 bridgehead atoms. The topological polar surface area (TPSA) is 58.6 Å². The number of likely N-dealkylation sites (tertiary alicyclic amines) is 1. The number of allylic oxidation sites excluding steroid dienone is 1. The molecule has 1 saturated heterocycles. The van der Waals surface area contributed by atoms with Crippen molar-refractivity contribution in [3.63, 3.8) is 0 Å². The molecule has 0 spiro atoms. The number of nitrogens with one attached hydrogen (secondary N) is 1. The SMILES string of the molecule is COc1cccc(-c2ccc(NC(=O)C3CCCN(C(=O)C=C(C)C)C3)cc2)c1. The predicted molar refractivity (Wildman–Crippen MR) is 116 cm³/mol. The summed E-state index contributed by atoms with van der Waals surface area (Å²) in [5, 5.41) is 3.00. The van der Waals surface area contributed by atoms with Crippen LogP contribution in [-0.4, -0.2) is 36.9 Å². The average Bonchev–Trinajstić information content (AvgIpc) is 2.74. The first kappa shape index (κ1) is 20.6. The second-order valence-corrected chi connectivity index (χ2v) is 7.64. The molecule has 29 heavy (non-hydrogen) atoms. The van der Waals surface area contributed by atoms with Crippen molar-refractivity contribution < 1.29 is 14.3 Å². The van der Waals surface area contributed by atoms with E-state index in [0.29, 0.717) is 13.1 Å². The van der Waals surface area contributed by atoms with E-state index >= 15 is 0 Å². The number of benzene rings is 2. The van der Waals surface area contributed by atoms with Crippen LogP contribution in [0.25, 0.3) is 11.1 Å². The summed E-state index contributed by atoms with van der Waals surface area (Å²) in [4.78, 5) is 26.7. The molecule has 0 saturated carbocycles. The number of nitrogens with zero attached hydrogens (tertiary/aromatic N) is 1.